The van der Waals surface area contributed by atoms with Gasteiger partial charge in [0.2, 0.25) is 10.0 Å². The second-order valence-electron chi connectivity index (χ2n) is 4.16. The standard InChI is InChI=1S/C11H20N4O2S/c1-2-9(5-6-12)7-14-11-4-3-10(8-15-11)18(13,16)17/h3-4,8-9H,2,5-7,12H2,1H3,(H,14,15)(H2,13,16,17). The largest absolute Gasteiger partial charge is 0.370 e. The average Bonchev–Trinajstić information content (AvgIpc) is 2.34. The summed E-state index contributed by atoms with van der Waals surface area (Å²) in [6.07, 6.45) is 3.25. The molecule has 18 heavy (non-hydrogen) atoms. The lowest BCUT2D eigenvalue weighted by atomic mass is 10.0. The summed E-state index contributed by atoms with van der Waals surface area (Å²) in [4.78, 5) is 4.03. The van der Waals surface area contributed by atoms with Crippen LogP contribution in [-0.2, 0) is 10.0 Å². The lowest BCUT2D eigenvalue weighted by Gasteiger charge is -2.14. The molecule has 6 nitrogen and oxygen atoms in total. The number of anilines is 1. The van der Waals surface area contributed by atoms with E-state index in [9.17, 15) is 8.42 Å². The molecule has 5 N–H and O–H groups in total. The molecule has 0 saturated heterocycles. The Balaban J connectivity index is 2.59. The van der Waals surface area contributed by atoms with Gasteiger partial charge in [-0.2, -0.15) is 0 Å². The van der Waals surface area contributed by atoms with E-state index in [0.717, 1.165) is 19.4 Å². The molecule has 0 aliphatic heterocycles. The van der Waals surface area contributed by atoms with Crippen molar-refractivity contribution in [1.29, 1.82) is 0 Å². The maximum atomic E-state index is 11.0. The normalized spacial score (nSPS) is 13.3. The van der Waals surface area contributed by atoms with Crippen LogP contribution >= 0.6 is 0 Å². The van der Waals surface area contributed by atoms with Gasteiger partial charge in [-0.05, 0) is 31.0 Å². The number of nitrogens with zero attached hydrogens (tertiary/aromatic N) is 1. The Morgan fingerprint density at radius 2 is 2.17 bits per heavy atom. The maximum Gasteiger partial charge on any atom is 0.239 e. The zero-order valence-corrected chi connectivity index (χ0v) is 11.3. The summed E-state index contributed by atoms with van der Waals surface area (Å²) in [5, 5.41) is 8.14. The molecule has 1 aromatic rings. The summed E-state index contributed by atoms with van der Waals surface area (Å²) >= 11 is 0. The SMILES string of the molecule is CCC(CCN)CNc1ccc(S(N)(=O)=O)cn1. The van der Waals surface area contributed by atoms with Gasteiger partial charge in [0.15, 0.2) is 0 Å². The third-order valence-electron chi connectivity index (χ3n) is 2.79. The van der Waals surface area contributed by atoms with Gasteiger partial charge in [0.1, 0.15) is 10.7 Å². The quantitative estimate of drug-likeness (QED) is 0.670. The van der Waals surface area contributed by atoms with E-state index in [0.29, 0.717) is 18.3 Å². The molecule has 0 saturated carbocycles. The molecule has 0 bridgehead atoms. The van der Waals surface area contributed by atoms with Crippen LogP contribution in [0.2, 0.25) is 0 Å². The number of pyridine rings is 1. The molecule has 1 aromatic heterocycles. The third-order valence-corrected chi connectivity index (χ3v) is 3.69. The molecule has 0 aromatic carbocycles. The van der Waals surface area contributed by atoms with Crippen molar-refractivity contribution in [2.45, 2.75) is 24.7 Å². The van der Waals surface area contributed by atoms with Crippen molar-refractivity contribution >= 4 is 15.8 Å². The lowest BCUT2D eigenvalue weighted by molar-refractivity contribution is 0.501. The first-order chi connectivity index (χ1) is 8.47. The Kier molecular flexibility index (Phi) is 5.52. The topological polar surface area (TPSA) is 111 Å². The first-order valence-corrected chi connectivity index (χ1v) is 7.44. The number of nitrogens with one attached hydrogen (secondary N) is 1. The predicted molar refractivity (Wildman–Crippen MR) is 71.6 cm³/mol. The lowest BCUT2D eigenvalue weighted by Crippen LogP contribution is -2.18. The molecule has 0 amide bonds. The highest BCUT2D eigenvalue weighted by Gasteiger charge is 2.09. The minimum Gasteiger partial charge on any atom is -0.370 e. The second kappa shape index (κ2) is 6.67. The van der Waals surface area contributed by atoms with Gasteiger partial charge >= 0.3 is 0 Å². The van der Waals surface area contributed by atoms with Crippen LogP contribution in [0.4, 0.5) is 5.82 Å². The van der Waals surface area contributed by atoms with E-state index in [-0.39, 0.29) is 4.90 Å². The molecule has 0 radical (unpaired) electrons. The fourth-order valence-electron chi connectivity index (χ4n) is 1.59. The number of primary sulfonamides is 1. The van der Waals surface area contributed by atoms with Crippen LogP contribution in [0.25, 0.3) is 0 Å². The van der Waals surface area contributed by atoms with Gasteiger partial charge in [0.05, 0.1) is 0 Å². The van der Waals surface area contributed by atoms with E-state index >= 15 is 0 Å². The van der Waals surface area contributed by atoms with E-state index in [1.54, 1.807) is 6.07 Å². The van der Waals surface area contributed by atoms with Crippen LogP contribution in [0.15, 0.2) is 23.2 Å². The minimum absolute atomic E-state index is 0.0158. The molecular formula is C11H20N4O2S. The van der Waals surface area contributed by atoms with Crippen LogP contribution < -0.4 is 16.2 Å². The second-order valence-corrected chi connectivity index (χ2v) is 5.72. The van der Waals surface area contributed by atoms with Crippen molar-refractivity contribution in [3.8, 4) is 0 Å². The summed E-state index contributed by atoms with van der Waals surface area (Å²) in [6.45, 7) is 3.55. The fourth-order valence-corrected chi connectivity index (χ4v) is 2.05. The van der Waals surface area contributed by atoms with Gasteiger partial charge in [-0.1, -0.05) is 13.3 Å². The molecule has 1 unspecified atom stereocenters. The number of rotatable bonds is 7. The third kappa shape index (κ3) is 4.59. The van der Waals surface area contributed by atoms with Gasteiger partial charge in [-0.3, -0.25) is 0 Å². The number of sulfonamides is 1. The van der Waals surface area contributed by atoms with Gasteiger partial charge in [0.25, 0.3) is 0 Å². The molecule has 102 valence electrons. The minimum atomic E-state index is -3.67. The van der Waals surface area contributed by atoms with Crippen molar-refractivity contribution in [3.63, 3.8) is 0 Å². The van der Waals surface area contributed by atoms with Crippen molar-refractivity contribution in [3.05, 3.63) is 18.3 Å². The average molecular weight is 272 g/mol. The number of hydrogen-bond donors (Lipinski definition) is 3. The van der Waals surface area contributed by atoms with Crippen LogP contribution in [-0.4, -0.2) is 26.5 Å². The van der Waals surface area contributed by atoms with E-state index in [4.69, 9.17) is 10.9 Å². The first-order valence-electron chi connectivity index (χ1n) is 5.90. The smallest absolute Gasteiger partial charge is 0.239 e. The molecule has 1 heterocycles. The van der Waals surface area contributed by atoms with E-state index in [2.05, 4.69) is 17.2 Å². The Bertz CT molecular complexity index is 458. The summed E-state index contributed by atoms with van der Waals surface area (Å²) in [5.41, 5.74) is 5.52. The highest BCUT2D eigenvalue weighted by molar-refractivity contribution is 7.89. The molecule has 0 aliphatic carbocycles. The molecule has 1 atom stereocenters. The van der Waals surface area contributed by atoms with Crippen molar-refractivity contribution in [1.82, 2.24) is 4.98 Å². The zero-order chi connectivity index (χ0) is 13.6. The first kappa shape index (κ1) is 14.9. The van der Waals surface area contributed by atoms with E-state index in [1.165, 1.54) is 12.3 Å². The molecular weight excluding hydrogens is 252 g/mol. The van der Waals surface area contributed by atoms with Gasteiger partial charge in [0, 0.05) is 12.7 Å². The summed E-state index contributed by atoms with van der Waals surface area (Å²) in [5.74, 6) is 1.13. The Labute approximate surface area is 108 Å². The van der Waals surface area contributed by atoms with Crippen molar-refractivity contribution in [2.24, 2.45) is 16.8 Å². The number of nitrogens with two attached hydrogens (primary N) is 2. The monoisotopic (exact) mass is 272 g/mol. The Morgan fingerprint density at radius 3 is 2.61 bits per heavy atom. The van der Waals surface area contributed by atoms with E-state index < -0.39 is 10.0 Å². The molecule has 0 aliphatic rings. The summed E-state index contributed by atoms with van der Waals surface area (Å²) in [6, 6.07) is 3.05. The zero-order valence-electron chi connectivity index (χ0n) is 10.5. The van der Waals surface area contributed by atoms with Gasteiger partial charge in [-0.25, -0.2) is 18.5 Å². The number of hydrogen-bond acceptors (Lipinski definition) is 5. The molecule has 0 spiro atoms. The van der Waals surface area contributed by atoms with Gasteiger partial charge in [-0.15, -0.1) is 0 Å². The highest BCUT2D eigenvalue weighted by atomic mass is 32.2. The molecule has 1 rings (SSSR count). The number of aromatic nitrogens is 1. The molecule has 0 fully saturated rings. The van der Waals surface area contributed by atoms with Crippen molar-refractivity contribution in [2.75, 3.05) is 18.4 Å². The summed E-state index contributed by atoms with van der Waals surface area (Å²) in [7, 11) is -3.67. The van der Waals surface area contributed by atoms with Crippen LogP contribution in [0, 0.1) is 5.92 Å². The van der Waals surface area contributed by atoms with Crippen LogP contribution in [0.3, 0.4) is 0 Å². The van der Waals surface area contributed by atoms with Crippen molar-refractivity contribution < 1.29 is 8.42 Å². The maximum absolute atomic E-state index is 11.0. The molecule has 7 heteroatoms. The Morgan fingerprint density at radius 1 is 1.44 bits per heavy atom. The predicted octanol–water partition coefficient (Wildman–Crippen LogP) is 0.516. The highest BCUT2D eigenvalue weighted by Crippen LogP contribution is 2.11. The van der Waals surface area contributed by atoms with Gasteiger partial charge < -0.3 is 11.1 Å². The summed E-state index contributed by atoms with van der Waals surface area (Å²) < 4.78 is 22.1. The van der Waals surface area contributed by atoms with Crippen LogP contribution in [0.5, 0.6) is 0 Å². The van der Waals surface area contributed by atoms with E-state index in [1.807, 2.05) is 0 Å². The van der Waals surface area contributed by atoms with Crippen LogP contribution in [0.1, 0.15) is 19.8 Å². The Hall–Kier alpha value is -1.18. The fraction of sp³-hybridized carbons (Fsp3) is 0.545.